The average Bonchev–Trinajstić information content (AvgIpc) is 2.74. The quantitative estimate of drug-likeness (QED) is 0.774. The van der Waals surface area contributed by atoms with Crippen LogP contribution in [0.3, 0.4) is 0 Å². The van der Waals surface area contributed by atoms with Gasteiger partial charge >= 0.3 is 0 Å². The Morgan fingerprint density at radius 3 is 2.76 bits per heavy atom. The second-order valence-corrected chi connectivity index (χ2v) is 3.96. The van der Waals surface area contributed by atoms with E-state index in [0.717, 1.165) is 16.7 Å². The van der Waals surface area contributed by atoms with Gasteiger partial charge in [0.15, 0.2) is 0 Å². The fraction of sp³-hybridized carbons (Fsp3) is 0.0769. The molecule has 1 aliphatic rings. The highest BCUT2D eigenvalue weighted by molar-refractivity contribution is 6.04. The molecule has 3 rings (SSSR count). The molecule has 2 heterocycles. The summed E-state index contributed by atoms with van der Waals surface area (Å²) in [6.07, 6.45) is 1.73. The fourth-order valence-corrected chi connectivity index (χ4v) is 2.13. The van der Waals surface area contributed by atoms with Crippen LogP contribution in [0.5, 0.6) is 0 Å². The number of benzene rings is 1. The van der Waals surface area contributed by atoms with Crippen LogP contribution in [-0.4, -0.2) is 10.9 Å². The van der Waals surface area contributed by atoms with Crippen molar-refractivity contribution in [3.05, 3.63) is 47.7 Å². The van der Waals surface area contributed by atoms with Crippen LogP contribution < -0.4 is 11.1 Å². The first kappa shape index (κ1) is 9.84. The molecule has 4 heteroatoms. The van der Waals surface area contributed by atoms with E-state index in [2.05, 4.69) is 10.3 Å². The number of nitrogens with one attached hydrogen (secondary N) is 1. The maximum absolute atomic E-state index is 11.6. The minimum absolute atomic E-state index is 0.136. The predicted octanol–water partition coefficient (Wildman–Crippen LogP) is 1.57. The number of hydrogen-bond donors (Lipinski definition) is 2. The average molecular weight is 225 g/mol. The molecule has 17 heavy (non-hydrogen) atoms. The second kappa shape index (κ2) is 3.59. The second-order valence-electron chi connectivity index (χ2n) is 3.96. The van der Waals surface area contributed by atoms with E-state index in [4.69, 9.17) is 5.73 Å². The Morgan fingerprint density at radius 2 is 2.00 bits per heavy atom. The van der Waals surface area contributed by atoms with E-state index >= 15 is 0 Å². The molecule has 1 aromatic carbocycles. The summed E-state index contributed by atoms with van der Waals surface area (Å²) in [5, 5.41) is 2.78. The van der Waals surface area contributed by atoms with Crippen molar-refractivity contribution in [1.82, 2.24) is 10.3 Å². The Morgan fingerprint density at radius 1 is 1.24 bits per heavy atom. The van der Waals surface area contributed by atoms with E-state index in [1.54, 1.807) is 6.20 Å². The van der Waals surface area contributed by atoms with E-state index in [0.29, 0.717) is 17.9 Å². The number of nitrogens with two attached hydrogens (primary N) is 1. The first-order valence-electron chi connectivity index (χ1n) is 5.38. The molecule has 0 radical (unpaired) electrons. The molecule has 0 bridgehead atoms. The molecule has 0 saturated heterocycles. The molecule has 0 spiro atoms. The number of nitrogens with zero attached hydrogens (tertiary/aromatic N) is 1. The number of rotatable bonds is 1. The van der Waals surface area contributed by atoms with Crippen LogP contribution >= 0.6 is 0 Å². The van der Waals surface area contributed by atoms with E-state index in [1.165, 1.54) is 0 Å². The van der Waals surface area contributed by atoms with E-state index < -0.39 is 0 Å². The number of fused-ring (bicyclic) bond motifs is 1. The Bertz CT molecular complexity index is 593. The van der Waals surface area contributed by atoms with Crippen LogP contribution in [0.1, 0.15) is 15.9 Å². The van der Waals surface area contributed by atoms with E-state index in [9.17, 15) is 4.79 Å². The van der Waals surface area contributed by atoms with Gasteiger partial charge in [0.05, 0.1) is 5.56 Å². The van der Waals surface area contributed by atoms with Gasteiger partial charge in [-0.05, 0) is 11.1 Å². The third-order valence-electron chi connectivity index (χ3n) is 2.95. The molecular weight excluding hydrogens is 214 g/mol. The summed E-state index contributed by atoms with van der Waals surface area (Å²) in [5.41, 5.74) is 9.21. The molecule has 0 unspecified atom stereocenters. The monoisotopic (exact) mass is 225 g/mol. The summed E-state index contributed by atoms with van der Waals surface area (Å²) in [4.78, 5) is 15.7. The summed E-state index contributed by atoms with van der Waals surface area (Å²) < 4.78 is 0. The summed E-state index contributed by atoms with van der Waals surface area (Å²) >= 11 is 0. The molecule has 1 aliphatic heterocycles. The highest BCUT2D eigenvalue weighted by Gasteiger charge is 2.25. The summed E-state index contributed by atoms with van der Waals surface area (Å²) in [7, 11) is 0. The molecule has 3 N–H and O–H groups in total. The van der Waals surface area contributed by atoms with Crippen LogP contribution in [-0.2, 0) is 6.54 Å². The van der Waals surface area contributed by atoms with Gasteiger partial charge in [0.2, 0.25) is 0 Å². The number of hydrogen-bond acceptors (Lipinski definition) is 3. The number of nitrogen functional groups attached to an aromatic ring is 1. The number of aromatic nitrogens is 1. The molecular formula is C13H11N3O. The van der Waals surface area contributed by atoms with Gasteiger partial charge in [0.1, 0.15) is 5.82 Å². The first-order valence-corrected chi connectivity index (χ1v) is 5.38. The Balaban J connectivity index is 2.24. The molecule has 0 aliphatic carbocycles. The van der Waals surface area contributed by atoms with E-state index in [-0.39, 0.29) is 5.91 Å². The van der Waals surface area contributed by atoms with Crippen molar-refractivity contribution in [2.45, 2.75) is 6.54 Å². The van der Waals surface area contributed by atoms with Crippen molar-refractivity contribution < 1.29 is 4.79 Å². The number of carbonyl (C=O) groups excluding carboxylic acids is 1. The summed E-state index contributed by atoms with van der Waals surface area (Å²) in [5.74, 6) is 0.164. The van der Waals surface area contributed by atoms with Crippen LogP contribution in [0.15, 0.2) is 36.5 Å². The van der Waals surface area contributed by atoms with Crippen LogP contribution in [0.2, 0.25) is 0 Å². The lowest BCUT2D eigenvalue weighted by molar-refractivity contribution is 0.0966. The maximum Gasteiger partial charge on any atom is 0.255 e. The Labute approximate surface area is 98.5 Å². The number of carbonyl (C=O) groups is 1. The minimum atomic E-state index is -0.136. The summed E-state index contributed by atoms with van der Waals surface area (Å²) in [6, 6.07) is 9.87. The van der Waals surface area contributed by atoms with Crippen molar-refractivity contribution >= 4 is 11.7 Å². The Kier molecular flexibility index (Phi) is 2.08. The molecule has 84 valence electrons. The normalized spacial score (nSPS) is 13.3. The minimum Gasteiger partial charge on any atom is -0.383 e. The number of anilines is 1. The lowest BCUT2D eigenvalue weighted by Gasteiger charge is -2.07. The highest BCUT2D eigenvalue weighted by atomic mass is 16.1. The van der Waals surface area contributed by atoms with E-state index in [1.807, 2.05) is 30.3 Å². The molecule has 0 atom stereocenters. The van der Waals surface area contributed by atoms with Gasteiger partial charge < -0.3 is 11.1 Å². The van der Waals surface area contributed by atoms with Crippen molar-refractivity contribution in [1.29, 1.82) is 0 Å². The SMILES string of the molecule is Nc1ncc(-c2ccccc2)c2c1C(=O)NC2. The van der Waals surface area contributed by atoms with Crippen LogP contribution in [0.4, 0.5) is 5.82 Å². The van der Waals surface area contributed by atoms with Gasteiger partial charge in [-0.3, -0.25) is 4.79 Å². The van der Waals surface area contributed by atoms with Crippen molar-refractivity contribution in [3.8, 4) is 11.1 Å². The maximum atomic E-state index is 11.6. The largest absolute Gasteiger partial charge is 0.383 e. The fourth-order valence-electron chi connectivity index (χ4n) is 2.13. The van der Waals surface area contributed by atoms with Crippen molar-refractivity contribution in [3.63, 3.8) is 0 Å². The third kappa shape index (κ3) is 1.45. The van der Waals surface area contributed by atoms with Crippen LogP contribution in [0.25, 0.3) is 11.1 Å². The van der Waals surface area contributed by atoms with Gasteiger partial charge in [-0.25, -0.2) is 4.98 Å². The lowest BCUT2D eigenvalue weighted by Crippen LogP contribution is -2.13. The smallest absolute Gasteiger partial charge is 0.255 e. The van der Waals surface area contributed by atoms with Gasteiger partial charge in [0.25, 0.3) is 5.91 Å². The zero-order valence-electron chi connectivity index (χ0n) is 9.10. The molecule has 1 aromatic heterocycles. The molecule has 1 amide bonds. The molecule has 0 saturated carbocycles. The highest BCUT2D eigenvalue weighted by Crippen LogP contribution is 2.30. The standard InChI is InChI=1S/C13H11N3O/c14-12-11-10(7-16-13(11)17)9(6-15-12)8-4-2-1-3-5-8/h1-6H,7H2,(H2,14,15)(H,16,17). The Hall–Kier alpha value is -2.36. The first-order chi connectivity index (χ1) is 8.27. The molecule has 2 aromatic rings. The van der Waals surface area contributed by atoms with Gasteiger partial charge in [-0.1, -0.05) is 30.3 Å². The van der Waals surface area contributed by atoms with Crippen molar-refractivity contribution in [2.24, 2.45) is 0 Å². The van der Waals surface area contributed by atoms with Crippen molar-refractivity contribution in [2.75, 3.05) is 5.73 Å². The zero-order valence-corrected chi connectivity index (χ0v) is 9.10. The van der Waals surface area contributed by atoms with Gasteiger partial charge in [-0.15, -0.1) is 0 Å². The lowest BCUT2D eigenvalue weighted by atomic mass is 9.99. The number of amides is 1. The van der Waals surface area contributed by atoms with Gasteiger partial charge in [-0.2, -0.15) is 0 Å². The molecule has 0 fully saturated rings. The van der Waals surface area contributed by atoms with Crippen LogP contribution in [0, 0.1) is 0 Å². The topological polar surface area (TPSA) is 68.0 Å². The zero-order chi connectivity index (χ0) is 11.8. The summed E-state index contributed by atoms with van der Waals surface area (Å²) in [6.45, 7) is 0.519. The predicted molar refractivity (Wildman–Crippen MR) is 65.3 cm³/mol. The molecule has 4 nitrogen and oxygen atoms in total. The van der Waals surface area contributed by atoms with Gasteiger partial charge in [0, 0.05) is 18.3 Å². The third-order valence-corrected chi connectivity index (χ3v) is 2.95. The number of pyridine rings is 1.